The second-order valence-electron chi connectivity index (χ2n) is 5.40. The number of amidine groups is 1. The second-order valence-corrected chi connectivity index (χ2v) is 5.40. The molecule has 3 rings (SSSR count). The summed E-state index contributed by atoms with van der Waals surface area (Å²) in [6.45, 7) is 8.20. The molecular formula is C15H21N2+. The zero-order chi connectivity index (χ0) is 11.8. The predicted molar refractivity (Wildman–Crippen MR) is 71.9 cm³/mol. The number of para-hydroxylation sites is 1. The van der Waals surface area contributed by atoms with Crippen LogP contribution in [0.3, 0.4) is 0 Å². The number of fused-ring (bicyclic) bond motifs is 2. The van der Waals surface area contributed by atoms with E-state index in [0.717, 1.165) is 5.92 Å². The van der Waals surface area contributed by atoms with Crippen LogP contribution in [0.1, 0.15) is 25.3 Å². The molecule has 0 aromatic heterocycles. The third-order valence-electron chi connectivity index (χ3n) is 4.21. The fourth-order valence-corrected chi connectivity index (χ4v) is 3.21. The van der Waals surface area contributed by atoms with E-state index in [1.165, 1.54) is 49.6 Å². The first-order valence-corrected chi connectivity index (χ1v) is 6.67. The summed E-state index contributed by atoms with van der Waals surface area (Å²) in [6, 6.07) is 8.73. The lowest BCUT2D eigenvalue weighted by Gasteiger charge is -2.34. The van der Waals surface area contributed by atoms with Gasteiger partial charge < -0.3 is 0 Å². The molecule has 2 bridgehead atoms. The van der Waals surface area contributed by atoms with Crippen LogP contribution in [-0.2, 0) is 0 Å². The molecule has 0 spiro atoms. The van der Waals surface area contributed by atoms with E-state index in [0.29, 0.717) is 0 Å². The van der Waals surface area contributed by atoms with Crippen molar-refractivity contribution < 1.29 is 4.58 Å². The standard InChI is InChI=1S/C15H21N2/c1-12-6-3-4-8-15(12)17-11-14-7-5-9-16(10-14)13(17)2/h3-4,6,8,14H,5,7,9-11H2,1-2H3/q+1. The Morgan fingerprint density at radius 2 is 2.06 bits per heavy atom. The van der Waals surface area contributed by atoms with Gasteiger partial charge >= 0.3 is 0 Å². The van der Waals surface area contributed by atoms with Crippen LogP contribution in [-0.4, -0.2) is 30.0 Å². The number of aryl methyl sites for hydroxylation is 1. The highest BCUT2D eigenvalue weighted by Gasteiger charge is 2.34. The molecule has 17 heavy (non-hydrogen) atoms. The molecule has 1 saturated heterocycles. The second kappa shape index (κ2) is 4.17. The van der Waals surface area contributed by atoms with Gasteiger partial charge in [0.25, 0.3) is 0 Å². The Balaban J connectivity index is 2.01. The number of rotatable bonds is 1. The Morgan fingerprint density at radius 1 is 1.24 bits per heavy atom. The van der Waals surface area contributed by atoms with Crippen LogP contribution in [0, 0.1) is 12.8 Å². The van der Waals surface area contributed by atoms with Crippen LogP contribution < -0.4 is 4.90 Å². The van der Waals surface area contributed by atoms with E-state index in [9.17, 15) is 0 Å². The molecule has 1 aromatic rings. The van der Waals surface area contributed by atoms with Crippen molar-refractivity contribution in [2.75, 3.05) is 24.5 Å². The zero-order valence-electron chi connectivity index (χ0n) is 10.8. The van der Waals surface area contributed by atoms with Crippen molar-refractivity contribution >= 4 is 11.5 Å². The van der Waals surface area contributed by atoms with E-state index in [1.54, 1.807) is 0 Å². The van der Waals surface area contributed by atoms with E-state index >= 15 is 0 Å². The number of anilines is 1. The molecule has 2 aliphatic rings. The normalized spacial score (nSPS) is 24.1. The number of piperidine rings is 1. The molecule has 0 amide bonds. The monoisotopic (exact) mass is 229 g/mol. The van der Waals surface area contributed by atoms with Crippen LogP contribution in [0.2, 0.25) is 0 Å². The van der Waals surface area contributed by atoms with Gasteiger partial charge in [-0.05, 0) is 31.4 Å². The van der Waals surface area contributed by atoms with Gasteiger partial charge in [-0.15, -0.1) is 0 Å². The van der Waals surface area contributed by atoms with Crippen molar-refractivity contribution in [3.05, 3.63) is 29.8 Å². The third kappa shape index (κ3) is 1.86. The van der Waals surface area contributed by atoms with Crippen LogP contribution in [0.4, 0.5) is 5.69 Å². The summed E-state index contributed by atoms with van der Waals surface area (Å²) in [5, 5.41) is 0. The molecule has 2 heterocycles. The SMILES string of the molecule is CC1=[N+]2CCCC(CN1c1ccccc1C)C2. The van der Waals surface area contributed by atoms with Gasteiger partial charge in [-0.3, -0.25) is 4.58 Å². The summed E-state index contributed by atoms with van der Waals surface area (Å²) in [6.07, 6.45) is 2.76. The van der Waals surface area contributed by atoms with Gasteiger partial charge in [0.15, 0.2) is 0 Å². The highest BCUT2D eigenvalue weighted by molar-refractivity contribution is 5.93. The summed E-state index contributed by atoms with van der Waals surface area (Å²) < 4.78 is 2.56. The van der Waals surface area contributed by atoms with Crippen molar-refractivity contribution in [1.29, 1.82) is 0 Å². The molecule has 1 fully saturated rings. The Bertz CT molecular complexity index is 462. The molecule has 0 aliphatic carbocycles. The molecule has 0 radical (unpaired) electrons. The molecule has 90 valence electrons. The lowest BCUT2D eigenvalue weighted by atomic mass is 9.95. The van der Waals surface area contributed by atoms with Crippen molar-refractivity contribution in [3.8, 4) is 0 Å². The van der Waals surface area contributed by atoms with Crippen LogP contribution in [0.25, 0.3) is 0 Å². The van der Waals surface area contributed by atoms with Crippen molar-refractivity contribution in [3.63, 3.8) is 0 Å². The van der Waals surface area contributed by atoms with Gasteiger partial charge in [0, 0.05) is 12.8 Å². The Labute approximate surface area is 104 Å². The zero-order valence-corrected chi connectivity index (χ0v) is 10.8. The van der Waals surface area contributed by atoms with Crippen molar-refractivity contribution in [2.45, 2.75) is 26.7 Å². The summed E-state index contributed by atoms with van der Waals surface area (Å²) in [5.74, 6) is 2.29. The molecule has 2 nitrogen and oxygen atoms in total. The smallest absolute Gasteiger partial charge is 0.248 e. The highest BCUT2D eigenvalue weighted by Crippen LogP contribution is 2.27. The quantitative estimate of drug-likeness (QED) is 0.671. The molecule has 1 aromatic carbocycles. The Hall–Kier alpha value is -1.31. The van der Waals surface area contributed by atoms with E-state index in [-0.39, 0.29) is 0 Å². The summed E-state index contributed by atoms with van der Waals surface area (Å²) in [5.41, 5.74) is 2.77. The molecule has 2 aliphatic heterocycles. The van der Waals surface area contributed by atoms with Gasteiger partial charge in [-0.25, -0.2) is 4.90 Å². The molecule has 0 saturated carbocycles. The molecule has 1 atom stereocenters. The maximum Gasteiger partial charge on any atom is 0.248 e. The summed E-state index contributed by atoms with van der Waals surface area (Å²) in [7, 11) is 0. The average Bonchev–Trinajstić information content (AvgIpc) is 2.35. The summed E-state index contributed by atoms with van der Waals surface area (Å²) >= 11 is 0. The number of nitrogens with zero attached hydrogens (tertiary/aromatic N) is 2. The lowest BCUT2D eigenvalue weighted by molar-refractivity contribution is -0.550. The van der Waals surface area contributed by atoms with Crippen LogP contribution in [0.5, 0.6) is 0 Å². The van der Waals surface area contributed by atoms with Crippen LogP contribution >= 0.6 is 0 Å². The largest absolute Gasteiger partial charge is 0.265 e. The topological polar surface area (TPSA) is 6.25 Å². The van der Waals surface area contributed by atoms with Gasteiger partial charge in [0.2, 0.25) is 5.84 Å². The van der Waals surface area contributed by atoms with Gasteiger partial charge in [-0.1, -0.05) is 18.2 Å². The lowest BCUT2D eigenvalue weighted by Crippen LogP contribution is -2.50. The van der Waals surface area contributed by atoms with Crippen molar-refractivity contribution in [1.82, 2.24) is 0 Å². The molecule has 0 N–H and O–H groups in total. The molecular weight excluding hydrogens is 208 g/mol. The van der Waals surface area contributed by atoms with E-state index in [1.807, 2.05) is 0 Å². The van der Waals surface area contributed by atoms with E-state index in [4.69, 9.17) is 0 Å². The number of benzene rings is 1. The maximum absolute atomic E-state index is 2.56. The number of hydrogen-bond acceptors (Lipinski definition) is 1. The Morgan fingerprint density at radius 3 is 2.88 bits per heavy atom. The first kappa shape index (κ1) is 10.8. The predicted octanol–water partition coefficient (Wildman–Crippen LogP) is 2.66. The average molecular weight is 229 g/mol. The van der Waals surface area contributed by atoms with Gasteiger partial charge in [0.1, 0.15) is 5.69 Å². The van der Waals surface area contributed by atoms with Crippen LogP contribution in [0.15, 0.2) is 24.3 Å². The van der Waals surface area contributed by atoms with Crippen molar-refractivity contribution in [2.24, 2.45) is 5.92 Å². The molecule has 1 unspecified atom stereocenters. The molecule has 2 heteroatoms. The third-order valence-corrected chi connectivity index (χ3v) is 4.21. The highest BCUT2D eigenvalue weighted by atomic mass is 15.3. The van der Waals surface area contributed by atoms with Gasteiger partial charge in [0.05, 0.1) is 19.6 Å². The fraction of sp³-hybridized carbons (Fsp3) is 0.533. The minimum Gasteiger partial charge on any atom is -0.265 e. The first-order valence-electron chi connectivity index (χ1n) is 6.67. The first-order chi connectivity index (χ1) is 8.25. The maximum atomic E-state index is 2.56. The number of hydrogen-bond donors (Lipinski definition) is 0. The minimum absolute atomic E-state index is 0.854. The summed E-state index contributed by atoms with van der Waals surface area (Å²) in [4.78, 5) is 2.52. The minimum atomic E-state index is 0.854. The van der Waals surface area contributed by atoms with Gasteiger partial charge in [-0.2, -0.15) is 0 Å². The van der Waals surface area contributed by atoms with E-state index in [2.05, 4.69) is 47.6 Å². The van der Waals surface area contributed by atoms with E-state index < -0.39 is 0 Å². The Kier molecular flexibility index (Phi) is 2.65. The fourth-order valence-electron chi connectivity index (χ4n) is 3.21.